The molecule has 0 aliphatic rings. The van der Waals surface area contributed by atoms with Crippen LogP contribution in [0, 0.1) is 6.92 Å². The number of aliphatic hydroxyl groups is 1. The van der Waals surface area contributed by atoms with Gasteiger partial charge in [-0.15, -0.1) is 0 Å². The van der Waals surface area contributed by atoms with Crippen molar-refractivity contribution in [3.8, 4) is 5.75 Å². The van der Waals surface area contributed by atoms with Gasteiger partial charge in [0.1, 0.15) is 17.2 Å². The first-order valence-corrected chi connectivity index (χ1v) is 7.12. The van der Waals surface area contributed by atoms with Gasteiger partial charge < -0.3 is 14.8 Å². The fourth-order valence-electron chi connectivity index (χ4n) is 2.29. The lowest BCUT2D eigenvalue weighted by Crippen LogP contribution is -2.12. The van der Waals surface area contributed by atoms with Crippen molar-refractivity contribution in [2.24, 2.45) is 0 Å². The number of hydrogen-bond acceptors (Lipinski definition) is 4. The third-order valence-corrected chi connectivity index (χ3v) is 3.53. The van der Waals surface area contributed by atoms with E-state index in [-0.39, 0.29) is 17.0 Å². The minimum atomic E-state index is -0.344. The van der Waals surface area contributed by atoms with E-state index >= 15 is 0 Å². The van der Waals surface area contributed by atoms with Gasteiger partial charge in [0.15, 0.2) is 0 Å². The molecule has 0 spiro atoms. The highest BCUT2D eigenvalue weighted by atomic mass is 16.5. The molecule has 0 aliphatic carbocycles. The van der Waals surface area contributed by atoms with E-state index in [2.05, 4.69) is 9.97 Å². The lowest BCUT2D eigenvalue weighted by atomic mass is 10.1. The molecule has 0 bridgehead atoms. The van der Waals surface area contributed by atoms with Crippen molar-refractivity contribution < 1.29 is 9.84 Å². The smallest absolute Gasteiger partial charge is 0.274 e. The van der Waals surface area contributed by atoms with Crippen LogP contribution < -0.4 is 10.3 Å². The van der Waals surface area contributed by atoms with Crippen molar-refractivity contribution in [1.82, 2.24) is 9.97 Å². The molecule has 2 aromatic carbocycles. The van der Waals surface area contributed by atoms with Gasteiger partial charge in [0, 0.05) is 11.6 Å². The number of H-pyrrole nitrogens is 1. The maximum absolute atomic E-state index is 12.1. The van der Waals surface area contributed by atoms with E-state index in [0.29, 0.717) is 22.3 Å². The Hall–Kier alpha value is -3.08. The van der Waals surface area contributed by atoms with Crippen LogP contribution in [0.2, 0.25) is 0 Å². The standard InChI is InChI=1S/C18H16N2O3/c1-11-3-8-14-15(9-11)20-18(22)16(19-14)10-17(21)12-4-6-13(23-2)7-5-12/h3-10,21H,1-2H3,(H,20,22). The van der Waals surface area contributed by atoms with E-state index in [4.69, 9.17) is 4.74 Å². The topological polar surface area (TPSA) is 75.2 Å². The largest absolute Gasteiger partial charge is 0.507 e. The van der Waals surface area contributed by atoms with Crippen LogP contribution in [-0.2, 0) is 0 Å². The Kier molecular flexibility index (Phi) is 3.85. The lowest BCUT2D eigenvalue weighted by Gasteiger charge is -2.04. The highest BCUT2D eigenvalue weighted by Gasteiger charge is 2.06. The van der Waals surface area contributed by atoms with E-state index in [0.717, 1.165) is 5.56 Å². The molecule has 1 aromatic heterocycles. The van der Waals surface area contributed by atoms with Crippen molar-refractivity contribution in [3.63, 3.8) is 0 Å². The van der Waals surface area contributed by atoms with E-state index in [1.54, 1.807) is 31.4 Å². The minimum Gasteiger partial charge on any atom is -0.507 e. The number of nitrogens with zero attached hydrogens (tertiary/aromatic N) is 1. The Morgan fingerprint density at radius 3 is 2.65 bits per heavy atom. The second-order valence-electron chi connectivity index (χ2n) is 5.23. The summed E-state index contributed by atoms with van der Waals surface area (Å²) >= 11 is 0. The summed E-state index contributed by atoms with van der Waals surface area (Å²) in [6.45, 7) is 1.95. The molecule has 0 unspecified atom stereocenters. The summed E-state index contributed by atoms with van der Waals surface area (Å²) in [5.41, 5.74) is 2.79. The highest BCUT2D eigenvalue weighted by Crippen LogP contribution is 2.18. The van der Waals surface area contributed by atoms with Crippen LogP contribution in [0.5, 0.6) is 5.75 Å². The first-order valence-electron chi connectivity index (χ1n) is 7.12. The Balaban J connectivity index is 2.03. The van der Waals surface area contributed by atoms with Crippen LogP contribution in [0.15, 0.2) is 47.3 Å². The maximum Gasteiger partial charge on any atom is 0.274 e. The highest BCUT2D eigenvalue weighted by molar-refractivity contribution is 5.79. The second kappa shape index (κ2) is 5.96. The molecular formula is C18H16N2O3. The molecule has 0 saturated carbocycles. The summed E-state index contributed by atoms with van der Waals surface area (Å²) < 4.78 is 5.08. The normalized spacial score (nSPS) is 11.7. The number of benzene rings is 2. The maximum atomic E-state index is 12.1. The number of methoxy groups -OCH3 is 1. The number of ether oxygens (including phenoxy) is 1. The number of nitrogens with one attached hydrogen (secondary N) is 1. The van der Waals surface area contributed by atoms with Gasteiger partial charge in [0.05, 0.1) is 18.1 Å². The Labute approximate surface area is 132 Å². The summed E-state index contributed by atoms with van der Waals surface area (Å²) in [7, 11) is 1.57. The number of aromatic nitrogens is 2. The molecule has 3 aromatic rings. The van der Waals surface area contributed by atoms with Crippen LogP contribution in [-0.4, -0.2) is 22.2 Å². The van der Waals surface area contributed by atoms with Gasteiger partial charge in [0.2, 0.25) is 0 Å². The molecule has 5 nitrogen and oxygen atoms in total. The molecule has 23 heavy (non-hydrogen) atoms. The molecule has 0 radical (unpaired) electrons. The van der Waals surface area contributed by atoms with Crippen molar-refractivity contribution in [2.75, 3.05) is 7.11 Å². The minimum absolute atomic E-state index is 0.0304. The number of hydrogen-bond donors (Lipinski definition) is 2. The van der Waals surface area contributed by atoms with Gasteiger partial charge in [-0.05, 0) is 48.9 Å². The lowest BCUT2D eigenvalue weighted by molar-refractivity contribution is 0.414. The summed E-state index contributed by atoms with van der Waals surface area (Å²) in [6.07, 6.45) is 1.36. The number of rotatable bonds is 3. The average molecular weight is 308 g/mol. The van der Waals surface area contributed by atoms with E-state index in [1.165, 1.54) is 6.08 Å². The second-order valence-corrected chi connectivity index (χ2v) is 5.23. The third kappa shape index (κ3) is 3.08. The van der Waals surface area contributed by atoms with Gasteiger partial charge in [-0.2, -0.15) is 0 Å². The van der Waals surface area contributed by atoms with Crippen molar-refractivity contribution in [3.05, 3.63) is 69.6 Å². The van der Waals surface area contributed by atoms with Crippen LogP contribution in [0.4, 0.5) is 0 Å². The Bertz CT molecular complexity index is 941. The molecule has 0 fully saturated rings. The quantitative estimate of drug-likeness (QED) is 0.728. The summed E-state index contributed by atoms with van der Waals surface area (Å²) in [5, 5.41) is 10.2. The zero-order valence-electron chi connectivity index (χ0n) is 12.8. The summed E-state index contributed by atoms with van der Waals surface area (Å²) in [5.74, 6) is 0.663. The Morgan fingerprint density at radius 1 is 1.22 bits per heavy atom. The van der Waals surface area contributed by atoms with Gasteiger partial charge in [-0.3, -0.25) is 4.79 Å². The molecule has 1 heterocycles. The molecule has 0 atom stereocenters. The van der Waals surface area contributed by atoms with Crippen LogP contribution >= 0.6 is 0 Å². The zero-order chi connectivity index (χ0) is 16.4. The molecular weight excluding hydrogens is 292 g/mol. The van der Waals surface area contributed by atoms with Crippen LogP contribution in [0.25, 0.3) is 22.9 Å². The molecule has 2 N–H and O–H groups in total. The number of aromatic amines is 1. The molecule has 0 saturated heterocycles. The van der Waals surface area contributed by atoms with Gasteiger partial charge in [-0.25, -0.2) is 4.98 Å². The molecule has 3 rings (SSSR count). The van der Waals surface area contributed by atoms with E-state index < -0.39 is 0 Å². The Morgan fingerprint density at radius 2 is 1.96 bits per heavy atom. The van der Waals surface area contributed by atoms with Gasteiger partial charge >= 0.3 is 0 Å². The van der Waals surface area contributed by atoms with E-state index in [9.17, 15) is 9.90 Å². The van der Waals surface area contributed by atoms with Gasteiger partial charge in [0.25, 0.3) is 5.56 Å². The number of aryl methyl sites for hydroxylation is 1. The monoisotopic (exact) mass is 308 g/mol. The molecule has 0 aliphatic heterocycles. The van der Waals surface area contributed by atoms with Gasteiger partial charge in [-0.1, -0.05) is 6.07 Å². The fraction of sp³-hybridized carbons (Fsp3) is 0.111. The predicted octanol–water partition coefficient (Wildman–Crippen LogP) is 3.30. The third-order valence-electron chi connectivity index (χ3n) is 3.53. The molecule has 5 heteroatoms. The van der Waals surface area contributed by atoms with Crippen LogP contribution in [0.1, 0.15) is 16.8 Å². The van der Waals surface area contributed by atoms with Crippen molar-refractivity contribution in [2.45, 2.75) is 6.92 Å². The number of aliphatic hydroxyl groups excluding tert-OH is 1. The van der Waals surface area contributed by atoms with E-state index in [1.807, 2.05) is 25.1 Å². The van der Waals surface area contributed by atoms with Crippen LogP contribution in [0.3, 0.4) is 0 Å². The first kappa shape index (κ1) is 14.8. The average Bonchev–Trinajstić information content (AvgIpc) is 2.55. The fourth-order valence-corrected chi connectivity index (χ4v) is 2.29. The summed E-state index contributed by atoms with van der Waals surface area (Å²) in [4.78, 5) is 19.2. The zero-order valence-corrected chi connectivity index (χ0v) is 12.8. The SMILES string of the molecule is COc1ccc(C(O)=Cc2nc3ccc(C)cc3[nH]c2=O)cc1. The molecule has 116 valence electrons. The molecule has 0 amide bonds. The summed E-state index contributed by atoms with van der Waals surface area (Å²) in [6, 6.07) is 12.5. The van der Waals surface area contributed by atoms with Crippen molar-refractivity contribution >= 4 is 22.9 Å². The van der Waals surface area contributed by atoms with Crippen molar-refractivity contribution in [1.29, 1.82) is 0 Å². The first-order chi connectivity index (χ1) is 11.1. The predicted molar refractivity (Wildman–Crippen MR) is 90.6 cm³/mol. The number of fused-ring (bicyclic) bond motifs is 1.